The molecule has 1 aromatic carbocycles. The van der Waals surface area contributed by atoms with Crippen LogP contribution in [0.2, 0.25) is 0 Å². The number of benzene rings is 1. The van der Waals surface area contributed by atoms with Crippen molar-refractivity contribution in [3.63, 3.8) is 0 Å². The molecule has 4 heteroatoms. The number of hydrogen-bond donors (Lipinski definition) is 2. The summed E-state index contributed by atoms with van der Waals surface area (Å²) in [5.74, 6) is 0.0293. The maximum Gasteiger partial charge on any atom is 0.251 e. The fourth-order valence-corrected chi connectivity index (χ4v) is 2.88. The van der Waals surface area contributed by atoms with Crippen molar-refractivity contribution < 1.29 is 4.79 Å². The van der Waals surface area contributed by atoms with E-state index in [4.69, 9.17) is 0 Å². The minimum absolute atomic E-state index is 0.0293. The summed E-state index contributed by atoms with van der Waals surface area (Å²) < 4.78 is 0. The number of aryl methyl sites for hydroxylation is 1. The Morgan fingerprint density at radius 2 is 2.05 bits per heavy atom. The number of rotatable bonds is 6. The zero-order valence-electron chi connectivity index (χ0n) is 13.4. The van der Waals surface area contributed by atoms with Gasteiger partial charge in [-0.2, -0.15) is 0 Å². The number of carbonyl (C=O) groups is 1. The van der Waals surface area contributed by atoms with Crippen LogP contribution in [0, 0.1) is 6.92 Å². The van der Waals surface area contributed by atoms with Gasteiger partial charge in [0.25, 0.3) is 5.91 Å². The first-order valence-electron chi connectivity index (χ1n) is 7.98. The van der Waals surface area contributed by atoms with Crippen LogP contribution in [0.25, 0.3) is 0 Å². The lowest BCUT2D eigenvalue weighted by molar-refractivity contribution is 0.0940. The van der Waals surface area contributed by atoms with Crippen LogP contribution in [0.3, 0.4) is 0 Å². The number of hydrogen-bond acceptors (Lipinski definition) is 3. The van der Waals surface area contributed by atoms with E-state index in [2.05, 4.69) is 29.4 Å². The van der Waals surface area contributed by atoms with Crippen molar-refractivity contribution in [1.29, 1.82) is 0 Å². The molecule has 0 aromatic heterocycles. The summed E-state index contributed by atoms with van der Waals surface area (Å²) in [5.41, 5.74) is 2.85. The second kappa shape index (κ2) is 7.46. The molecule has 0 spiro atoms. The molecule has 1 aromatic rings. The summed E-state index contributed by atoms with van der Waals surface area (Å²) in [6.45, 7) is 10.2. The quantitative estimate of drug-likeness (QED) is 0.846. The van der Waals surface area contributed by atoms with Crippen LogP contribution in [0.15, 0.2) is 18.2 Å². The lowest BCUT2D eigenvalue weighted by atomic mass is 10.1. The standard InChI is InChI=1S/C17H27N3O/c1-4-18-15-7-8-16(13(2)11-15)17(21)19-12-14(3)20-9-5-6-10-20/h7-8,11,14,18H,4-6,9-10,12H2,1-3H3,(H,19,21). The smallest absolute Gasteiger partial charge is 0.251 e. The molecule has 1 unspecified atom stereocenters. The Morgan fingerprint density at radius 3 is 2.67 bits per heavy atom. The van der Waals surface area contributed by atoms with Gasteiger partial charge in [-0.1, -0.05) is 0 Å². The molecule has 0 saturated carbocycles. The molecule has 1 amide bonds. The fourth-order valence-electron chi connectivity index (χ4n) is 2.88. The van der Waals surface area contributed by atoms with Gasteiger partial charge in [-0.3, -0.25) is 9.69 Å². The van der Waals surface area contributed by atoms with Gasteiger partial charge in [0.05, 0.1) is 0 Å². The van der Waals surface area contributed by atoms with Crippen LogP contribution in [0.4, 0.5) is 5.69 Å². The number of nitrogens with zero attached hydrogens (tertiary/aromatic N) is 1. The van der Waals surface area contributed by atoms with Crippen LogP contribution < -0.4 is 10.6 Å². The molecule has 2 N–H and O–H groups in total. The first-order valence-corrected chi connectivity index (χ1v) is 7.98. The van der Waals surface area contributed by atoms with E-state index < -0.39 is 0 Å². The number of carbonyl (C=O) groups excluding carboxylic acids is 1. The summed E-state index contributed by atoms with van der Waals surface area (Å²) in [4.78, 5) is 14.7. The summed E-state index contributed by atoms with van der Waals surface area (Å²) in [6.07, 6.45) is 2.56. The van der Waals surface area contributed by atoms with Gasteiger partial charge in [0.15, 0.2) is 0 Å². The number of nitrogens with one attached hydrogen (secondary N) is 2. The van der Waals surface area contributed by atoms with E-state index in [0.29, 0.717) is 12.6 Å². The molecule has 1 atom stereocenters. The number of amides is 1. The Kier molecular flexibility index (Phi) is 5.62. The van der Waals surface area contributed by atoms with Gasteiger partial charge in [0, 0.05) is 30.4 Å². The highest BCUT2D eigenvalue weighted by Gasteiger charge is 2.19. The normalized spacial score (nSPS) is 16.7. The lowest BCUT2D eigenvalue weighted by Crippen LogP contribution is -2.40. The molecule has 1 aliphatic heterocycles. The highest BCUT2D eigenvalue weighted by Crippen LogP contribution is 2.15. The van der Waals surface area contributed by atoms with Crippen molar-refractivity contribution >= 4 is 11.6 Å². The van der Waals surface area contributed by atoms with Gasteiger partial charge in [0.1, 0.15) is 0 Å². The van der Waals surface area contributed by atoms with E-state index in [-0.39, 0.29) is 5.91 Å². The second-order valence-corrected chi connectivity index (χ2v) is 5.86. The summed E-state index contributed by atoms with van der Waals surface area (Å²) in [7, 11) is 0. The van der Waals surface area contributed by atoms with E-state index in [1.165, 1.54) is 12.8 Å². The fraction of sp³-hybridized carbons (Fsp3) is 0.588. The molecule has 0 aliphatic carbocycles. The Balaban J connectivity index is 1.90. The highest BCUT2D eigenvalue weighted by atomic mass is 16.1. The molecule has 1 fully saturated rings. The molecular weight excluding hydrogens is 262 g/mol. The topological polar surface area (TPSA) is 44.4 Å². The summed E-state index contributed by atoms with van der Waals surface area (Å²) >= 11 is 0. The van der Waals surface area contributed by atoms with Crippen LogP contribution >= 0.6 is 0 Å². The SMILES string of the molecule is CCNc1ccc(C(=O)NCC(C)N2CCCC2)c(C)c1. The minimum atomic E-state index is 0.0293. The summed E-state index contributed by atoms with van der Waals surface area (Å²) in [6, 6.07) is 6.32. The lowest BCUT2D eigenvalue weighted by Gasteiger charge is -2.24. The molecular formula is C17H27N3O. The van der Waals surface area contributed by atoms with E-state index in [1.54, 1.807) is 0 Å². The summed E-state index contributed by atoms with van der Waals surface area (Å²) in [5, 5.41) is 6.33. The highest BCUT2D eigenvalue weighted by molar-refractivity contribution is 5.96. The Bertz CT molecular complexity index is 481. The third kappa shape index (κ3) is 4.21. The zero-order chi connectivity index (χ0) is 15.2. The molecule has 1 aliphatic rings. The average Bonchev–Trinajstić information content (AvgIpc) is 2.99. The van der Waals surface area contributed by atoms with Crippen LogP contribution in [0.1, 0.15) is 42.6 Å². The first kappa shape index (κ1) is 15.8. The Labute approximate surface area is 127 Å². The Morgan fingerprint density at radius 1 is 1.33 bits per heavy atom. The van der Waals surface area contributed by atoms with Gasteiger partial charge in [-0.25, -0.2) is 0 Å². The molecule has 2 rings (SSSR count). The average molecular weight is 289 g/mol. The largest absolute Gasteiger partial charge is 0.385 e. The van der Waals surface area contributed by atoms with Crippen molar-refractivity contribution in [3.05, 3.63) is 29.3 Å². The van der Waals surface area contributed by atoms with Gasteiger partial charge >= 0.3 is 0 Å². The van der Waals surface area contributed by atoms with E-state index in [0.717, 1.165) is 36.4 Å². The van der Waals surface area contributed by atoms with Gasteiger partial charge in [0.2, 0.25) is 0 Å². The van der Waals surface area contributed by atoms with Crippen molar-refractivity contribution in [2.24, 2.45) is 0 Å². The third-order valence-electron chi connectivity index (χ3n) is 4.17. The van der Waals surface area contributed by atoms with Gasteiger partial charge in [-0.05, 0) is 70.5 Å². The predicted molar refractivity (Wildman–Crippen MR) is 87.9 cm³/mol. The van der Waals surface area contributed by atoms with Gasteiger partial charge < -0.3 is 10.6 Å². The molecule has 0 radical (unpaired) electrons. The molecule has 4 nitrogen and oxygen atoms in total. The monoisotopic (exact) mass is 289 g/mol. The van der Waals surface area contributed by atoms with Crippen molar-refractivity contribution in [2.45, 2.75) is 39.7 Å². The van der Waals surface area contributed by atoms with E-state index >= 15 is 0 Å². The van der Waals surface area contributed by atoms with Crippen molar-refractivity contribution in [1.82, 2.24) is 10.2 Å². The van der Waals surface area contributed by atoms with Crippen molar-refractivity contribution in [3.8, 4) is 0 Å². The molecule has 0 bridgehead atoms. The third-order valence-corrected chi connectivity index (χ3v) is 4.17. The van der Waals surface area contributed by atoms with E-state index in [1.807, 2.05) is 25.1 Å². The maximum atomic E-state index is 12.3. The predicted octanol–water partition coefficient (Wildman–Crippen LogP) is 2.64. The molecule has 1 heterocycles. The van der Waals surface area contributed by atoms with Crippen LogP contribution in [-0.2, 0) is 0 Å². The molecule has 1 saturated heterocycles. The second-order valence-electron chi connectivity index (χ2n) is 5.86. The zero-order valence-corrected chi connectivity index (χ0v) is 13.4. The molecule has 21 heavy (non-hydrogen) atoms. The van der Waals surface area contributed by atoms with Crippen LogP contribution in [0.5, 0.6) is 0 Å². The van der Waals surface area contributed by atoms with Crippen LogP contribution in [-0.4, -0.2) is 43.0 Å². The minimum Gasteiger partial charge on any atom is -0.385 e. The molecule has 116 valence electrons. The number of anilines is 1. The number of likely N-dealkylation sites (tertiary alicyclic amines) is 1. The van der Waals surface area contributed by atoms with E-state index in [9.17, 15) is 4.79 Å². The Hall–Kier alpha value is -1.55. The van der Waals surface area contributed by atoms with Gasteiger partial charge in [-0.15, -0.1) is 0 Å². The first-order chi connectivity index (χ1) is 10.1. The van der Waals surface area contributed by atoms with Crippen molar-refractivity contribution in [2.75, 3.05) is 31.5 Å². The maximum absolute atomic E-state index is 12.3.